The van der Waals surface area contributed by atoms with Crippen LogP contribution in [0.15, 0.2) is 52.9 Å². The minimum atomic E-state index is 0.570. The van der Waals surface area contributed by atoms with Crippen molar-refractivity contribution in [1.29, 1.82) is 0 Å². The predicted molar refractivity (Wildman–Crippen MR) is 88.5 cm³/mol. The monoisotopic (exact) mass is 292 g/mol. The second kappa shape index (κ2) is 6.56. The predicted octanol–water partition coefficient (Wildman–Crippen LogP) is 5.05. The van der Waals surface area contributed by atoms with Gasteiger partial charge in [-0.1, -0.05) is 43.7 Å². The van der Waals surface area contributed by atoms with Crippen LogP contribution < -0.4 is 0 Å². The van der Waals surface area contributed by atoms with Gasteiger partial charge in [0, 0.05) is 11.1 Å². The first-order valence-corrected chi connectivity index (χ1v) is 7.76. The zero-order valence-corrected chi connectivity index (χ0v) is 13.0. The van der Waals surface area contributed by atoms with E-state index in [0.717, 1.165) is 23.1 Å². The number of aromatic nitrogens is 2. The fourth-order valence-corrected chi connectivity index (χ4v) is 2.46. The molecule has 0 fully saturated rings. The first-order chi connectivity index (χ1) is 10.8. The van der Waals surface area contributed by atoms with Crippen LogP contribution in [0.5, 0.6) is 0 Å². The van der Waals surface area contributed by atoms with Crippen LogP contribution >= 0.6 is 0 Å². The van der Waals surface area contributed by atoms with Crippen LogP contribution in [0.3, 0.4) is 0 Å². The van der Waals surface area contributed by atoms with Crippen molar-refractivity contribution >= 4 is 0 Å². The zero-order valence-electron chi connectivity index (χ0n) is 13.0. The average molecular weight is 292 g/mol. The summed E-state index contributed by atoms with van der Waals surface area (Å²) in [4.78, 5) is 0. The van der Waals surface area contributed by atoms with Crippen molar-refractivity contribution in [1.82, 2.24) is 10.2 Å². The van der Waals surface area contributed by atoms with Gasteiger partial charge in [0.2, 0.25) is 11.8 Å². The van der Waals surface area contributed by atoms with E-state index in [1.54, 1.807) is 0 Å². The molecule has 0 spiro atoms. The lowest BCUT2D eigenvalue weighted by Gasteiger charge is -2.01. The molecule has 22 heavy (non-hydrogen) atoms. The Morgan fingerprint density at radius 2 is 1.64 bits per heavy atom. The van der Waals surface area contributed by atoms with E-state index in [4.69, 9.17) is 4.42 Å². The third kappa shape index (κ3) is 3.08. The van der Waals surface area contributed by atoms with Gasteiger partial charge in [0.25, 0.3) is 0 Å². The highest BCUT2D eigenvalue weighted by Gasteiger charge is 2.11. The van der Waals surface area contributed by atoms with Gasteiger partial charge < -0.3 is 4.42 Å². The van der Waals surface area contributed by atoms with E-state index in [0.29, 0.717) is 11.8 Å². The molecule has 3 aromatic rings. The molecule has 0 N–H and O–H groups in total. The summed E-state index contributed by atoms with van der Waals surface area (Å²) in [6.45, 7) is 4.25. The average Bonchev–Trinajstić information content (AvgIpc) is 3.03. The van der Waals surface area contributed by atoms with Crippen molar-refractivity contribution in [2.45, 2.75) is 33.1 Å². The summed E-state index contributed by atoms with van der Waals surface area (Å²) in [5.41, 5.74) is 4.44. The lowest BCUT2D eigenvalue weighted by molar-refractivity contribution is 0.584. The second-order valence-corrected chi connectivity index (χ2v) is 5.53. The summed E-state index contributed by atoms with van der Waals surface area (Å²) in [6, 6.07) is 16.4. The Morgan fingerprint density at radius 1 is 0.909 bits per heavy atom. The largest absolute Gasteiger partial charge is 0.416 e. The lowest BCUT2D eigenvalue weighted by Crippen LogP contribution is -1.85. The summed E-state index contributed by atoms with van der Waals surface area (Å²) in [7, 11) is 0. The number of unbranched alkanes of at least 4 members (excludes halogenated alkanes) is 1. The molecule has 0 bridgehead atoms. The molecule has 3 nitrogen and oxygen atoms in total. The maximum Gasteiger partial charge on any atom is 0.248 e. The fraction of sp³-hybridized carbons (Fsp3) is 0.263. The van der Waals surface area contributed by atoms with Gasteiger partial charge in [-0.3, -0.25) is 0 Å². The van der Waals surface area contributed by atoms with Crippen LogP contribution in [0.25, 0.3) is 22.9 Å². The summed E-state index contributed by atoms with van der Waals surface area (Å²) >= 11 is 0. The van der Waals surface area contributed by atoms with Crippen molar-refractivity contribution in [2.24, 2.45) is 0 Å². The molecule has 2 aromatic carbocycles. The standard InChI is InChI=1S/C19H20N2O/c1-3-4-8-15-10-12-16(13-11-15)18-20-21-19(22-18)17-9-6-5-7-14(17)2/h5-7,9-13H,3-4,8H2,1-2H3. The quantitative estimate of drug-likeness (QED) is 0.660. The molecule has 0 aliphatic heterocycles. The molecule has 0 saturated heterocycles. The molecule has 0 aliphatic rings. The van der Waals surface area contributed by atoms with Gasteiger partial charge in [0.1, 0.15) is 0 Å². The van der Waals surface area contributed by atoms with Crippen molar-refractivity contribution in [3.63, 3.8) is 0 Å². The Labute approximate surface area is 131 Å². The number of rotatable bonds is 5. The summed E-state index contributed by atoms with van der Waals surface area (Å²) < 4.78 is 5.84. The van der Waals surface area contributed by atoms with Crippen LogP contribution in [0.2, 0.25) is 0 Å². The van der Waals surface area contributed by atoms with Gasteiger partial charge in [-0.25, -0.2) is 0 Å². The molecule has 1 aromatic heterocycles. The molecule has 112 valence electrons. The van der Waals surface area contributed by atoms with Crippen LogP contribution in [0, 0.1) is 6.92 Å². The van der Waals surface area contributed by atoms with E-state index < -0.39 is 0 Å². The molecule has 3 rings (SSSR count). The molecular weight excluding hydrogens is 272 g/mol. The van der Waals surface area contributed by atoms with Crippen LogP contribution in [0.4, 0.5) is 0 Å². The summed E-state index contributed by atoms with van der Waals surface area (Å²) in [5.74, 6) is 1.14. The summed E-state index contributed by atoms with van der Waals surface area (Å²) in [5, 5.41) is 8.36. The molecule has 1 heterocycles. The third-order valence-electron chi connectivity index (χ3n) is 3.82. The highest BCUT2D eigenvalue weighted by molar-refractivity contribution is 5.60. The van der Waals surface area contributed by atoms with Crippen molar-refractivity contribution in [3.05, 3.63) is 59.7 Å². The van der Waals surface area contributed by atoms with E-state index in [-0.39, 0.29) is 0 Å². The number of nitrogens with zero attached hydrogens (tertiary/aromatic N) is 2. The van der Waals surface area contributed by atoms with Gasteiger partial charge in [0.05, 0.1) is 0 Å². The number of hydrogen-bond acceptors (Lipinski definition) is 3. The Hall–Kier alpha value is -2.42. The van der Waals surface area contributed by atoms with Crippen LogP contribution in [-0.4, -0.2) is 10.2 Å². The van der Waals surface area contributed by atoms with Gasteiger partial charge in [0.15, 0.2) is 0 Å². The molecule has 0 atom stereocenters. The highest BCUT2D eigenvalue weighted by atomic mass is 16.4. The second-order valence-electron chi connectivity index (χ2n) is 5.53. The van der Waals surface area contributed by atoms with E-state index in [9.17, 15) is 0 Å². The molecule has 0 radical (unpaired) electrons. The molecule has 0 amide bonds. The lowest BCUT2D eigenvalue weighted by atomic mass is 10.1. The number of benzene rings is 2. The van der Waals surface area contributed by atoms with Gasteiger partial charge in [-0.05, 0) is 49.1 Å². The first kappa shape index (κ1) is 14.5. The normalized spacial score (nSPS) is 10.8. The third-order valence-corrected chi connectivity index (χ3v) is 3.82. The molecule has 0 aliphatic carbocycles. The number of aryl methyl sites for hydroxylation is 2. The topological polar surface area (TPSA) is 38.9 Å². The maximum atomic E-state index is 5.84. The first-order valence-electron chi connectivity index (χ1n) is 7.76. The van der Waals surface area contributed by atoms with Crippen molar-refractivity contribution < 1.29 is 4.42 Å². The Kier molecular flexibility index (Phi) is 4.33. The van der Waals surface area contributed by atoms with Crippen LogP contribution in [0.1, 0.15) is 30.9 Å². The SMILES string of the molecule is CCCCc1ccc(-c2nnc(-c3ccccc3C)o2)cc1. The number of hydrogen-bond donors (Lipinski definition) is 0. The zero-order chi connectivity index (χ0) is 15.4. The van der Waals surface area contributed by atoms with E-state index in [1.165, 1.54) is 18.4 Å². The molecule has 0 saturated carbocycles. The van der Waals surface area contributed by atoms with E-state index in [1.807, 2.05) is 31.2 Å². The van der Waals surface area contributed by atoms with Crippen molar-refractivity contribution in [3.8, 4) is 22.9 Å². The minimum Gasteiger partial charge on any atom is -0.416 e. The smallest absolute Gasteiger partial charge is 0.248 e. The minimum absolute atomic E-state index is 0.570. The van der Waals surface area contributed by atoms with E-state index in [2.05, 4.69) is 41.4 Å². The highest BCUT2D eigenvalue weighted by Crippen LogP contribution is 2.26. The summed E-state index contributed by atoms with van der Waals surface area (Å²) in [6.07, 6.45) is 3.55. The fourth-order valence-electron chi connectivity index (χ4n) is 2.46. The maximum absolute atomic E-state index is 5.84. The van der Waals surface area contributed by atoms with Gasteiger partial charge in [-0.2, -0.15) is 0 Å². The van der Waals surface area contributed by atoms with Crippen molar-refractivity contribution in [2.75, 3.05) is 0 Å². The Morgan fingerprint density at radius 3 is 2.36 bits per heavy atom. The molecular formula is C19H20N2O. The molecule has 3 heteroatoms. The van der Waals surface area contributed by atoms with Crippen LogP contribution in [-0.2, 0) is 6.42 Å². The molecule has 0 unspecified atom stereocenters. The van der Waals surface area contributed by atoms with E-state index >= 15 is 0 Å². The Balaban J connectivity index is 1.83. The van der Waals surface area contributed by atoms with Gasteiger partial charge >= 0.3 is 0 Å². The Bertz CT molecular complexity index is 744. The van der Waals surface area contributed by atoms with Gasteiger partial charge in [-0.15, -0.1) is 10.2 Å².